The summed E-state index contributed by atoms with van der Waals surface area (Å²) in [5.41, 5.74) is 2.20. The Kier molecular flexibility index (Phi) is 7.87. The molecule has 0 aliphatic heterocycles. The second-order valence-electron chi connectivity index (χ2n) is 6.41. The van der Waals surface area contributed by atoms with E-state index in [1.807, 2.05) is 19.1 Å². The van der Waals surface area contributed by atoms with Gasteiger partial charge in [-0.05, 0) is 55.5 Å². The van der Waals surface area contributed by atoms with E-state index in [1.54, 1.807) is 66.6 Å². The van der Waals surface area contributed by atoms with Crippen LogP contribution in [0.5, 0.6) is 5.75 Å². The SMILES string of the molecule is COc1ccc(C(=O)NCCNC(=O)c2ccc(SCc3csc(C)n3)cc2)cc1. The summed E-state index contributed by atoms with van der Waals surface area (Å²) in [7, 11) is 1.58. The molecule has 0 unspecified atom stereocenters. The first kappa shape index (κ1) is 21.9. The Labute approximate surface area is 184 Å². The van der Waals surface area contributed by atoms with Gasteiger partial charge < -0.3 is 15.4 Å². The average molecular weight is 442 g/mol. The highest BCUT2D eigenvalue weighted by molar-refractivity contribution is 7.98. The Morgan fingerprint density at radius 2 is 1.53 bits per heavy atom. The number of aromatic nitrogens is 1. The van der Waals surface area contributed by atoms with Crippen LogP contribution in [-0.4, -0.2) is 37.0 Å². The van der Waals surface area contributed by atoms with Gasteiger partial charge in [0.2, 0.25) is 0 Å². The van der Waals surface area contributed by atoms with Crippen LogP contribution in [0.25, 0.3) is 0 Å². The number of hydrogen-bond donors (Lipinski definition) is 2. The van der Waals surface area contributed by atoms with Crippen LogP contribution in [0.15, 0.2) is 58.8 Å². The second-order valence-corrected chi connectivity index (χ2v) is 8.52. The lowest BCUT2D eigenvalue weighted by Crippen LogP contribution is -2.34. The van der Waals surface area contributed by atoms with Gasteiger partial charge in [-0.1, -0.05) is 0 Å². The molecule has 156 valence electrons. The summed E-state index contributed by atoms with van der Waals surface area (Å²) in [5.74, 6) is 1.15. The maximum atomic E-state index is 12.3. The van der Waals surface area contributed by atoms with Gasteiger partial charge in [-0.2, -0.15) is 0 Å². The van der Waals surface area contributed by atoms with E-state index in [1.165, 1.54) is 0 Å². The van der Waals surface area contributed by atoms with Crippen molar-refractivity contribution in [2.75, 3.05) is 20.2 Å². The van der Waals surface area contributed by atoms with Crippen molar-refractivity contribution in [1.29, 1.82) is 0 Å². The normalized spacial score (nSPS) is 10.5. The highest BCUT2D eigenvalue weighted by atomic mass is 32.2. The van der Waals surface area contributed by atoms with Crippen LogP contribution in [0.4, 0.5) is 0 Å². The van der Waals surface area contributed by atoms with Crippen LogP contribution in [0.2, 0.25) is 0 Å². The van der Waals surface area contributed by atoms with Crippen molar-refractivity contribution in [1.82, 2.24) is 15.6 Å². The fourth-order valence-corrected chi connectivity index (χ4v) is 4.14. The zero-order valence-electron chi connectivity index (χ0n) is 16.8. The van der Waals surface area contributed by atoms with Gasteiger partial charge in [0.25, 0.3) is 11.8 Å². The molecule has 0 saturated heterocycles. The van der Waals surface area contributed by atoms with Gasteiger partial charge in [0.15, 0.2) is 0 Å². The smallest absolute Gasteiger partial charge is 0.251 e. The maximum Gasteiger partial charge on any atom is 0.251 e. The molecule has 8 heteroatoms. The third kappa shape index (κ3) is 6.33. The van der Waals surface area contributed by atoms with Crippen LogP contribution in [-0.2, 0) is 5.75 Å². The zero-order chi connectivity index (χ0) is 21.3. The second kappa shape index (κ2) is 10.8. The zero-order valence-corrected chi connectivity index (χ0v) is 18.4. The lowest BCUT2D eigenvalue weighted by Gasteiger charge is -2.08. The topological polar surface area (TPSA) is 80.3 Å². The van der Waals surface area contributed by atoms with E-state index in [4.69, 9.17) is 4.74 Å². The first-order valence-electron chi connectivity index (χ1n) is 9.39. The standard InChI is InChI=1S/C22H23N3O3S2/c1-15-25-18(13-29-15)14-30-20-9-5-17(6-10-20)22(27)24-12-11-23-21(26)16-3-7-19(28-2)8-4-16/h3-10,13H,11-12,14H2,1-2H3,(H,23,26)(H,24,27). The molecule has 2 N–H and O–H groups in total. The Bertz CT molecular complexity index is 986. The Balaban J connectivity index is 1.39. The largest absolute Gasteiger partial charge is 0.497 e. The third-order valence-electron chi connectivity index (χ3n) is 4.22. The molecule has 0 aliphatic rings. The van der Waals surface area contributed by atoms with Gasteiger partial charge in [0.05, 0.1) is 17.8 Å². The molecule has 30 heavy (non-hydrogen) atoms. The molecule has 1 heterocycles. The number of thiazole rings is 1. The van der Waals surface area contributed by atoms with Gasteiger partial charge in [0, 0.05) is 40.2 Å². The predicted octanol–water partition coefficient (Wildman–Crippen LogP) is 3.91. The minimum atomic E-state index is -0.191. The number of carbonyl (C=O) groups excluding carboxylic acids is 2. The number of nitrogens with zero attached hydrogens (tertiary/aromatic N) is 1. The lowest BCUT2D eigenvalue weighted by molar-refractivity contribution is 0.0927. The van der Waals surface area contributed by atoms with Crippen molar-refractivity contribution in [3.05, 3.63) is 75.7 Å². The molecule has 6 nitrogen and oxygen atoms in total. The molecule has 0 fully saturated rings. The van der Waals surface area contributed by atoms with E-state index in [9.17, 15) is 9.59 Å². The number of hydrogen-bond acceptors (Lipinski definition) is 6. The molecule has 0 atom stereocenters. The predicted molar refractivity (Wildman–Crippen MR) is 121 cm³/mol. The van der Waals surface area contributed by atoms with Crippen LogP contribution < -0.4 is 15.4 Å². The van der Waals surface area contributed by atoms with Crippen molar-refractivity contribution in [2.24, 2.45) is 0 Å². The number of amides is 2. The maximum absolute atomic E-state index is 12.3. The number of aryl methyl sites for hydroxylation is 1. The highest BCUT2D eigenvalue weighted by Crippen LogP contribution is 2.23. The van der Waals surface area contributed by atoms with Gasteiger partial charge in [0.1, 0.15) is 5.75 Å². The number of thioether (sulfide) groups is 1. The van der Waals surface area contributed by atoms with Crippen LogP contribution in [0, 0.1) is 6.92 Å². The molecule has 0 bridgehead atoms. The summed E-state index contributed by atoms with van der Waals surface area (Å²) in [6.07, 6.45) is 0. The molecule has 2 aromatic carbocycles. The Morgan fingerprint density at radius 3 is 2.03 bits per heavy atom. The fourth-order valence-electron chi connectivity index (χ4n) is 2.63. The molecule has 2 amide bonds. The first-order chi connectivity index (χ1) is 14.5. The summed E-state index contributed by atoms with van der Waals surface area (Å²) in [6, 6.07) is 14.3. The fraction of sp³-hybridized carbons (Fsp3) is 0.227. The summed E-state index contributed by atoms with van der Waals surface area (Å²) in [4.78, 5) is 29.9. The molecular formula is C22H23N3O3S2. The van der Waals surface area contributed by atoms with Gasteiger partial charge in [-0.25, -0.2) is 4.98 Å². The van der Waals surface area contributed by atoms with Crippen molar-refractivity contribution >= 4 is 34.9 Å². The van der Waals surface area contributed by atoms with Gasteiger partial charge in [-0.15, -0.1) is 23.1 Å². The first-order valence-corrected chi connectivity index (χ1v) is 11.3. The van der Waals surface area contributed by atoms with Crippen LogP contribution in [0.3, 0.4) is 0 Å². The van der Waals surface area contributed by atoms with Crippen molar-refractivity contribution in [3.63, 3.8) is 0 Å². The average Bonchev–Trinajstić information content (AvgIpc) is 3.20. The highest BCUT2D eigenvalue weighted by Gasteiger charge is 2.08. The summed E-state index contributed by atoms with van der Waals surface area (Å²) < 4.78 is 5.07. The van der Waals surface area contributed by atoms with E-state index in [2.05, 4.69) is 21.0 Å². The van der Waals surface area contributed by atoms with E-state index >= 15 is 0 Å². The number of ether oxygens (including phenoxy) is 1. The molecule has 0 radical (unpaired) electrons. The van der Waals surface area contributed by atoms with Crippen molar-refractivity contribution < 1.29 is 14.3 Å². The number of carbonyl (C=O) groups is 2. The van der Waals surface area contributed by atoms with E-state index in [-0.39, 0.29) is 11.8 Å². The number of benzene rings is 2. The molecule has 3 rings (SSSR count). The molecular weight excluding hydrogens is 418 g/mol. The summed E-state index contributed by atoms with van der Waals surface area (Å²) >= 11 is 3.34. The Hall–Kier alpha value is -2.84. The third-order valence-corrected chi connectivity index (χ3v) is 6.09. The Morgan fingerprint density at radius 1 is 0.967 bits per heavy atom. The minimum absolute atomic E-state index is 0.166. The number of nitrogens with one attached hydrogen (secondary N) is 2. The quantitative estimate of drug-likeness (QED) is 0.389. The van der Waals surface area contributed by atoms with E-state index in [0.29, 0.717) is 30.0 Å². The summed E-state index contributed by atoms with van der Waals surface area (Å²) in [6.45, 7) is 2.69. The van der Waals surface area contributed by atoms with Crippen molar-refractivity contribution in [2.45, 2.75) is 17.6 Å². The van der Waals surface area contributed by atoms with Gasteiger partial charge in [-0.3, -0.25) is 9.59 Å². The summed E-state index contributed by atoms with van der Waals surface area (Å²) in [5, 5.41) is 8.73. The van der Waals surface area contributed by atoms with E-state index in [0.717, 1.165) is 21.3 Å². The minimum Gasteiger partial charge on any atom is -0.497 e. The van der Waals surface area contributed by atoms with Crippen LogP contribution >= 0.6 is 23.1 Å². The lowest BCUT2D eigenvalue weighted by atomic mass is 10.2. The molecule has 0 spiro atoms. The number of rotatable bonds is 9. The van der Waals surface area contributed by atoms with E-state index < -0.39 is 0 Å². The molecule has 3 aromatic rings. The molecule has 0 aliphatic carbocycles. The van der Waals surface area contributed by atoms with Gasteiger partial charge >= 0.3 is 0 Å². The van der Waals surface area contributed by atoms with Crippen LogP contribution in [0.1, 0.15) is 31.4 Å². The number of methoxy groups -OCH3 is 1. The molecule has 0 saturated carbocycles. The van der Waals surface area contributed by atoms with Crippen molar-refractivity contribution in [3.8, 4) is 5.75 Å². The monoisotopic (exact) mass is 441 g/mol. The molecule has 1 aromatic heterocycles.